The van der Waals surface area contributed by atoms with Crippen LogP contribution < -0.4 is 0 Å². The van der Waals surface area contributed by atoms with E-state index in [0.717, 1.165) is 23.6 Å². The summed E-state index contributed by atoms with van der Waals surface area (Å²) in [5.41, 5.74) is 3.93. The maximum atomic E-state index is 6.85. The molecule has 3 aliphatic rings. The first-order chi connectivity index (χ1) is 12.7. The highest BCUT2D eigenvalue weighted by atomic mass is 35.5. The van der Waals surface area contributed by atoms with Crippen molar-refractivity contribution in [1.29, 1.82) is 0 Å². The Morgan fingerprint density at radius 1 is 1.04 bits per heavy atom. The fourth-order valence-corrected chi connectivity index (χ4v) is 6.16. The van der Waals surface area contributed by atoms with Gasteiger partial charge in [-0.15, -0.1) is 11.8 Å². The topological polar surface area (TPSA) is 12.5 Å². The molecule has 0 radical (unpaired) electrons. The van der Waals surface area contributed by atoms with Gasteiger partial charge in [0, 0.05) is 33.3 Å². The number of halogens is 1. The van der Waals surface area contributed by atoms with Crippen molar-refractivity contribution in [3.8, 4) is 0 Å². The lowest BCUT2D eigenvalue weighted by Gasteiger charge is -2.38. The Balaban J connectivity index is 1.52. The molecule has 136 valence electrons. The average molecular weight is 386 g/mol. The number of fused-ring (bicyclic) bond motifs is 4. The van der Waals surface area contributed by atoms with Crippen molar-refractivity contribution in [2.24, 2.45) is 0 Å². The molecule has 0 aromatic heterocycles. The third kappa shape index (κ3) is 2.99. The van der Waals surface area contributed by atoms with Crippen LogP contribution in [0, 0.1) is 0 Å². The van der Waals surface area contributed by atoms with Gasteiger partial charge in [0.2, 0.25) is 0 Å². The van der Waals surface area contributed by atoms with Gasteiger partial charge in [0.15, 0.2) is 0 Å². The molecule has 2 bridgehead atoms. The number of piperidine rings is 1. The summed E-state index contributed by atoms with van der Waals surface area (Å²) in [6.07, 6.45) is 5.25. The van der Waals surface area contributed by atoms with Crippen LogP contribution in [0.1, 0.15) is 48.5 Å². The SMILES string of the molecule is CN1C2CCC1CC(OC1c3ccccc3CSc3ccc(Cl)cc31)C2. The van der Waals surface area contributed by atoms with Crippen molar-refractivity contribution < 1.29 is 4.74 Å². The largest absolute Gasteiger partial charge is 0.365 e. The lowest BCUT2D eigenvalue weighted by atomic mass is 9.95. The Morgan fingerprint density at radius 2 is 1.81 bits per heavy atom. The third-order valence-corrected chi connectivity index (χ3v) is 7.73. The molecule has 4 heteroatoms. The van der Waals surface area contributed by atoms with Gasteiger partial charge in [-0.05, 0) is 62.1 Å². The van der Waals surface area contributed by atoms with Crippen LogP contribution >= 0.6 is 23.4 Å². The molecular formula is C22H24ClNOS. The minimum absolute atomic E-state index is 0.0114. The molecule has 0 aliphatic carbocycles. The highest BCUT2D eigenvalue weighted by Gasteiger charge is 2.40. The molecule has 26 heavy (non-hydrogen) atoms. The molecule has 3 atom stereocenters. The minimum Gasteiger partial charge on any atom is -0.365 e. The van der Waals surface area contributed by atoms with Gasteiger partial charge in [-0.25, -0.2) is 0 Å². The number of hydrogen-bond donors (Lipinski definition) is 0. The molecule has 2 aromatic rings. The zero-order chi connectivity index (χ0) is 17.7. The Labute approximate surface area is 164 Å². The average Bonchev–Trinajstić information content (AvgIpc) is 2.83. The fraction of sp³-hybridized carbons (Fsp3) is 0.455. The van der Waals surface area contributed by atoms with Crippen molar-refractivity contribution >= 4 is 23.4 Å². The van der Waals surface area contributed by atoms with E-state index < -0.39 is 0 Å². The van der Waals surface area contributed by atoms with Gasteiger partial charge in [0.25, 0.3) is 0 Å². The lowest BCUT2D eigenvalue weighted by Crippen LogP contribution is -2.43. The summed E-state index contributed by atoms with van der Waals surface area (Å²) < 4.78 is 6.85. The smallest absolute Gasteiger partial charge is 0.109 e. The van der Waals surface area contributed by atoms with Crippen molar-refractivity contribution in [3.05, 3.63) is 64.2 Å². The predicted molar refractivity (Wildman–Crippen MR) is 108 cm³/mol. The number of ether oxygens (including phenoxy) is 1. The first-order valence-electron chi connectivity index (χ1n) is 9.56. The number of thioether (sulfide) groups is 1. The summed E-state index contributed by atoms with van der Waals surface area (Å²) in [4.78, 5) is 3.87. The van der Waals surface area contributed by atoms with E-state index in [0.29, 0.717) is 18.2 Å². The van der Waals surface area contributed by atoms with Gasteiger partial charge in [-0.1, -0.05) is 35.9 Å². The summed E-state index contributed by atoms with van der Waals surface area (Å²) in [5.74, 6) is 0.989. The maximum absolute atomic E-state index is 6.85. The molecule has 0 N–H and O–H groups in total. The van der Waals surface area contributed by atoms with Gasteiger partial charge >= 0.3 is 0 Å². The predicted octanol–water partition coefficient (Wildman–Crippen LogP) is 5.68. The van der Waals surface area contributed by atoms with Gasteiger partial charge in [-0.3, -0.25) is 0 Å². The third-order valence-electron chi connectivity index (χ3n) is 6.36. The normalized spacial score (nSPS) is 30.5. The zero-order valence-corrected chi connectivity index (χ0v) is 16.6. The van der Waals surface area contributed by atoms with E-state index in [1.54, 1.807) is 0 Å². The molecule has 2 aromatic carbocycles. The first kappa shape index (κ1) is 17.1. The van der Waals surface area contributed by atoms with Gasteiger partial charge in [-0.2, -0.15) is 0 Å². The number of hydrogen-bond acceptors (Lipinski definition) is 3. The van der Waals surface area contributed by atoms with E-state index in [1.807, 2.05) is 17.8 Å². The van der Waals surface area contributed by atoms with Gasteiger partial charge in [0.1, 0.15) is 6.10 Å². The number of rotatable bonds is 2. The molecule has 3 aliphatic heterocycles. The molecule has 0 amide bonds. The summed E-state index contributed by atoms with van der Waals surface area (Å²) in [7, 11) is 2.28. The maximum Gasteiger partial charge on any atom is 0.109 e. The van der Waals surface area contributed by atoms with E-state index in [9.17, 15) is 0 Å². The van der Waals surface area contributed by atoms with E-state index in [2.05, 4.69) is 48.3 Å². The standard InChI is InChI=1S/C22H24ClNOS/c1-24-16-7-8-17(24)12-18(11-16)25-22-19-5-3-2-4-14(19)13-26-21-9-6-15(23)10-20(21)22/h2-6,9-10,16-18,22H,7-8,11-13H2,1H3. The van der Waals surface area contributed by atoms with Crippen LogP contribution in [0.15, 0.2) is 47.4 Å². The molecule has 0 saturated carbocycles. The lowest BCUT2D eigenvalue weighted by molar-refractivity contribution is -0.0435. The Morgan fingerprint density at radius 3 is 2.62 bits per heavy atom. The summed E-state index contributed by atoms with van der Waals surface area (Å²) >= 11 is 8.26. The van der Waals surface area contributed by atoms with Crippen LogP contribution in [0.25, 0.3) is 0 Å². The van der Waals surface area contributed by atoms with Crippen molar-refractivity contribution in [1.82, 2.24) is 4.90 Å². The molecule has 3 heterocycles. The highest BCUT2D eigenvalue weighted by Crippen LogP contribution is 2.45. The van der Waals surface area contributed by atoms with Crippen LogP contribution in [0.5, 0.6) is 0 Å². The second kappa shape index (κ2) is 6.87. The van der Waals surface area contributed by atoms with Crippen molar-refractivity contribution in [2.75, 3.05) is 7.05 Å². The zero-order valence-electron chi connectivity index (χ0n) is 15.0. The first-order valence-corrected chi connectivity index (χ1v) is 10.9. The second-order valence-corrected chi connectivity index (χ2v) is 9.28. The van der Waals surface area contributed by atoms with Gasteiger partial charge in [0.05, 0.1) is 6.10 Å². The van der Waals surface area contributed by atoms with E-state index in [-0.39, 0.29) is 6.10 Å². The minimum atomic E-state index is -0.0114. The second-order valence-electron chi connectivity index (χ2n) is 7.83. The Kier molecular flexibility index (Phi) is 4.52. The number of benzene rings is 2. The molecule has 2 saturated heterocycles. The van der Waals surface area contributed by atoms with Crippen LogP contribution in [0.4, 0.5) is 0 Å². The summed E-state index contributed by atoms with van der Waals surface area (Å²) in [6.45, 7) is 0. The molecule has 5 rings (SSSR count). The molecular weight excluding hydrogens is 362 g/mol. The molecule has 3 unspecified atom stereocenters. The fourth-order valence-electron chi connectivity index (χ4n) is 4.91. The quantitative estimate of drug-likeness (QED) is 0.660. The molecule has 2 fully saturated rings. The molecule has 0 spiro atoms. The highest BCUT2D eigenvalue weighted by molar-refractivity contribution is 7.98. The summed E-state index contributed by atoms with van der Waals surface area (Å²) in [6, 6.07) is 16.4. The van der Waals surface area contributed by atoms with Crippen molar-refractivity contribution in [3.63, 3.8) is 0 Å². The van der Waals surface area contributed by atoms with Crippen LogP contribution in [-0.2, 0) is 10.5 Å². The van der Waals surface area contributed by atoms with Crippen LogP contribution in [0.3, 0.4) is 0 Å². The van der Waals surface area contributed by atoms with E-state index >= 15 is 0 Å². The van der Waals surface area contributed by atoms with Crippen LogP contribution in [-0.4, -0.2) is 30.1 Å². The van der Waals surface area contributed by atoms with Crippen molar-refractivity contribution in [2.45, 2.75) is 60.6 Å². The summed E-state index contributed by atoms with van der Waals surface area (Å²) in [5, 5.41) is 0.792. The Bertz CT molecular complexity index is 812. The molecule has 2 nitrogen and oxygen atoms in total. The van der Waals surface area contributed by atoms with E-state index in [4.69, 9.17) is 16.3 Å². The van der Waals surface area contributed by atoms with E-state index in [1.165, 1.54) is 34.4 Å². The monoisotopic (exact) mass is 385 g/mol. The Hall–Kier alpha value is -1.00. The van der Waals surface area contributed by atoms with Crippen LogP contribution in [0.2, 0.25) is 5.02 Å². The number of nitrogens with zero attached hydrogens (tertiary/aromatic N) is 1. The van der Waals surface area contributed by atoms with Gasteiger partial charge < -0.3 is 9.64 Å².